The van der Waals surface area contributed by atoms with E-state index in [-0.39, 0.29) is 11.9 Å². The zero-order valence-electron chi connectivity index (χ0n) is 17.2. The molecule has 0 aliphatic heterocycles. The van der Waals surface area contributed by atoms with Gasteiger partial charge in [-0.3, -0.25) is 4.79 Å². The van der Waals surface area contributed by atoms with Gasteiger partial charge >= 0.3 is 6.03 Å². The van der Waals surface area contributed by atoms with Crippen molar-refractivity contribution in [3.63, 3.8) is 0 Å². The first-order chi connectivity index (χ1) is 14.0. The van der Waals surface area contributed by atoms with Crippen molar-refractivity contribution in [1.82, 2.24) is 10.2 Å². The van der Waals surface area contributed by atoms with E-state index in [9.17, 15) is 9.59 Å². The normalized spacial score (nSPS) is 15.8. The molecule has 2 aromatic rings. The lowest BCUT2D eigenvalue weighted by molar-refractivity contribution is 0.0730. The Morgan fingerprint density at radius 3 is 2.17 bits per heavy atom. The van der Waals surface area contributed by atoms with Gasteiger partial charge in [-0.2, -0.15) is 0 Å². The third-order valence-electron chi connectivity index (χ3n) is 5.55. The monoisotopic (exact) mass is 391 g/mol. The summed E-state index contributed by atoms with van der Waals surface area (Å²) < 4.78 is 0. The lowest BCUT2D eigenvalue weighted by atomic mass is 10.0. The van der Waals surface area contributed by atoms with Crippen LogP contribution in [-0.4, -0.2) is 28.9 Å². The Hall–Kier alpha value is -2.82. The highest BCUT2D eigenvalue weighted by molar-refractivity contribution is 5.96. The molecule has 0 spiro atoms. The molecule has 5 nitrogen and oxygen atoms in total. The highest BCUT2D eigenvalue weighted by atomic mass is 16.2. The minimum absolute atomic E-state index is 0.0504. The maximum Gasteiger partial charge on any atom is 0.319 e. The van der Waals surface area contributed by atoms with Crippen LogP contribution in [0, 0.1) is 0 Å². The molecule has 2 fully saturated rings. The molecule has 3 amide bonds. The van der Waals surface area contributed by atoms with Crippen molar-refractivity contribution in [2.45, 2.75) is 64.1 Å². The molecule has 29 heavy (non-hydrogen) atoms. The van der Waals surface area contributed by atoms with E-state index in [0.29, 0.717) is 35.8 Å². The van der Waals surface area contributed by atoms with Crippen LogP contribution >= 0.6 is 0 Å². The summed E-state index contributed by atoms with van der Waals surface area (Å²) in [5, 5.41) is 5.72. The minimum Gasteiger partial charge on any atom is -0.335 e. The van der Waals surface area contributed by atoms with Gasteiger partial charge in [0.05, 0.1) is 0 Å². The number of urea groups is 1. The first kappa shape index (κ1) is 19.5. The van der Waals surface area contributed by atoms with Crippen LogP contribution in [0.4, 0.5) is 10.5 Å². The van der Waals surface area contributed by atoms with Crippen molar-refractivity contribution in [3.8, 4) is 0 Å². The third-order valence-corrected chi connectivity index (χ3v) is 5.55. The molecule has 2 N–H and O–H groups in total. The van der Waals surface area contributed by atoms with E-state index in [2.05, 4.69) is 48.7 Å². The first-order valence-corrected chi connectivity index (χ1v) is 10.6. The molecule has 5 heteroatoms. The van der Waals surface area contributed by atoms with E-state index >= 15 is 0 Å². The Morgan fingerprint density at radius 1 is 0.966 bits per heavy atom. The fraction of sp³-hybridized carbons (Fsp3) is 0.417. The van der Waals surface area contributed by atoms with Crippen LogP contribution in [0.1, 0.15) is 66.9 Å². The molecule has 2 aromatic carbocycles. The van der Waals surface area contributed by atoms with Crippen LogP contribution in [0.15, 0.2) is 48.5 Å². The number of carbonyl (C=O) groups excluding carboxylic acids is 2. The van der Waals surface area contributed by atoms with Gasteiger partial charge in [-0.15, -0.1) is 0 Å². The number of nitrogens with one attached hydrogen (secondary N) is 2. The number of rotatable bonds is 7. The predicted octanol–water partition coefficient (Wildman–Crippen LogP) is 4.90. The van der Waals surface area contributed by atoms with E-state index < -0.39 is 0 Å². The highest BCUT2D eigenvalue weighted by Crippen LogP contribution is 2.30. The predicted molar refractivity (Wildman–Crippen MR) is 115 cm³/mol. The van der Waals surface area contributed by atoms with Gasteiger partial charge in [0.15, 0.2) is 0 Å². The van der Waals surface area contributed by atoms with Gasteiger partial charge in [0.25, 0.3) is 5.91 Å². The van der Waals surface area contributed by atoms with Crippen molar-refractivity contribution < 1.29 is 9.59 Å². The Balaban J connectivity index is 1.40. The maximum absolute atomic E-state index is 13.1. The molecule has 0 saturated heterocycles. The molecule has 0 atom stereocenters. The summed E-state index contributed by atoms with van der Waals surface area (Å²) in [6, 6.07) is 16.2. The van der Waals surface area contributed by atoms with E-state index in [1.165, 1.54) is 5.56 Å². The second-order valence-electron chi connectivity index (χ2n) is 8.51. The van der Waals surface area contributed by atoms with Crippen LogP contribution in [0.3, 0.4) is 0 Å². The molecule has 2 saturated carbocycles. The zero-order valence-corrected chi connectivity index (χ0v) is 17.2. The maximum atomic E-state index is 13.1. The van der Waals surface area contributed by atoms with Gasteiger partial charge in [-0.25, -0.2) is 4.79 Å². The van der Waals surface area contributed by atoms with E-state index in [1.54, 1.807) is 24.3 Å². The molecule has 2 aliphatic rings. The second kappa shape index (κ2) is 8.27. The van der Waals surface area contributed by atoms with Crippen LogP contribution in [0.25, 0.3) is 0 Å². The van der Waals surface area contributed by atoms with E-state index in [1.807, 2.05) is 4.90 Å². The molecule has 2 aliphatic carbocycles. The summed E-state index contributed by atoms with van der Waals surface area (Å²) in [5.74, 6) is 0.554. The van der Waals surface area contributed by atoms with Crippen molar-refractivity contribution in [3.05, 3.63) is 65.2 Å². The van der Waals surface area contributed by atoms with Crippen molar-refractivity contribution in [2.75, 3.05) is 5.32 Å². The van der Waals surface area contributed by atoms with Gasteiger partial charge < -0.3 is 15.5 Å². The van der Waals surface area contributed by atoms with Crippen LogP contribution in [0.2, 0.25) is 0 Å². The number of amides is 3. The van der Waals surface area contributed by atoms with Crippen LogP contribution in [0.5, 0.6) is 0 Å². The van der Waals surface area contributed by atoms with Gasteiger partial charge in [0.1, 0.15) is 0 Å². The molecular formula is C24H29N3O2. The fourth-order valence-corrected chi connectivity index (χ4v) is 3.40. The van der Waals surface area contributed by atoms with Crippen LogP contribution < -0.4 is 10.6 Å². The van der Waals surface area contributed by atoms with Gasteiger partial charge in [-0.05, 0) is 67.0 Å². The molecular weight excluding hydrogens is 362 g/mol. The first-order valence-electron chi connectivity index (χ1n) is 10.6. The third kappa shape index (κ3) is 5.17. The van der Waals surface area contributed by atoms with E-state index in [4.69, 9.17) is 0 Å². The van der Waals surface area contributed by atoms with Gasteiger partial charge in [0, 0.05) is 29.9 Å². The summed E-state index contributed by atoms with van der Waals surface area (Å²) in [4.78, 5) is 27.0. The summed E-state index contributed by atoms with van der Waals surface area (Å²) in [6.45, 7) is 5.00. The largest absolute Gasteiger partial charge is 0.335 e. The average Bonchev–Trinajstić information content (AvgIpc) is 3.61. The Labute approximate surface area is 172 Å². The minimum atomic E-state index is -0.184. The van der Waals surface area contributed by atoms with Crippen molar-refractivity contribution in [1.29, 1.82) is 0 Å². The highest BCUT2D eigenvalue weighted by Gasteiger charge is 2.33. The Bertz CT molecular complexity index is 866. The zero-order chi connectivity index (χ0) is 20.4. The number of anilines is 1. The Morgan fingerprint density at radius 2 is 1.62 bits per heavy atom. The number of carbonyl (C=O) groups is 2. The standard InChI is InChI=1S/C24H29N3O2/c1-16(2)18-5-3-17(4-6-18)15-27(22-13-14-22)23(28)19-7-9-20(10-8-19)25-24(29)26-21-11-12-21/h3-10,16,21-22H,11-15H2,1-2H3,(H2,25,26,29). The lowest BCUT2D eigenvalue weighted by Crippen LogP contribution is -2.32. The number of hydrogen-bond acceptors (Lipinski definition) is 2. The summed E-state index contributed by atoms with van der Waals surface area (Å²) in [6.07, 6.45) is 4.24. The average molecular weight is 392 g/mol. The Kier molecular flexibility index (Phi) is 5.56. The van der Waals surface area contributed by atoms with Crippen molar-refractivity contribution >= 4 is 17.6 Å². The summed E-state index contributed by atoms with van der Waals surface area (Å²) in [7, 11) is 0. The fourth-order valence-electron chi connectivity index (χ4n) is 3.40. The number of hydrogen-bond donors (Lipinski definition) is 2. The molecule has 4 rings (SSSR count). The van der Waals surface area contributed by atoms with Gasteiger partial charge in [0.2, 0.25) is 0 Å². The molecule has 152 valence electrons. The molecule has 0 aromatic heterocycles. The molecule has 0 bridgehead atoms. The quantitative estimate of drug-likeness (QED) is 0.705. The van der Waals surface area contributed by atoms with Crippen LogP contribution in [-0.2, 0) is 6.54 Å². The van der Waals surface area contributed by atoms with Gasteiger partial charge in [-0.1, -0.05) is 38.1 Å². The summed E-state index contributed by atoms with van der Waals surface area (Å²) in [5.41, 5.74) is 3.82. The molecule has 0 radical (unpaired) electrons. The SMILES string of the molecule is CC(C)c1ccc(CN(C(=O)c2ccc(NC(=O)NC3CC3)cc2)C2CC2)cc1. The molecule has 0 heterocycles. The van der Waals surface area contributed by atoms with E-state index in [0.717, 1.165) is 31.2 Å². The summed E-state index contributed by atoms with van der Waals surface area (Å²) >= 11 is 0. The van der Waals surface area contributed by atoms with Crippen molar-refractivity contribution in [2.24, 2.45) is 0 Å². The number of benzene rings is 2. The topological polar surface area (TPSA) is 61.4 Å². The smallest absolute Gasteiger partial charge is 0.319 e. The number of nitrogens with zero attached hydrogens (tertiary/aromatic N) is 1. The second-order valence-corrected chi connectivity index (χ2v) is 8.51. The molecule has 0 unspecified atom stereocenters. The lowest BCUT2D eigenvalue weighted by Gasteiger charge is -2.23.